The van der Waals surface area contributed by atoms with Crippen molar-refractivity contribution in [3.05, 3.63) is 33.4 Å². The van der Waals surface area contributed by atoms with Gasteiger partial charge in [-0.1, -0.05) is 6.07 Å². The molecule has 1 aliphatic rings. The first kappa shape index (κ1) is 15.3. The zero-order valence-electron chi connectivity index (χ0n) is 12.3. The Morgan fingerprint density at radius 3 is 2.76 bits per heavy atom. The van der Waals surface area contributed by atoms with Gasteiger partial charge in [0.1, 0.15) is 0 Å². The number of benzene rings is 1. The molecular formula is C15H19NO5. The number of hydrogen-bond acceptors (Lipinski definition) is 5. The van der Waals surface area contributed by atoms with E-state index in [2.05, 4.69) is 0 Å². The smallest absolute Gasteiger partial charge is 0.347 e. The largest absolute Gasteiger partial charge is 0.472 e. The Hall–Kier alpha value is -2.11. The highest BCUT2D eigenvalue weighted by Crippen LogP contribution is 2.37. The van der Waals surface area contributed by atoms with E-state index >= 15 is 0 Å². The molecule has 6 nitrogen and oxygen atoms in total. The zero-order valence-corrected chi connectivity index (χ0v) is 12.3. The molecule has 0 aromatic heterocycles. The number of esters is 1. The number of hydrogen-bond donors (Lipinski definition) is 0. The SMILES string of the molecule is CCOC(=O)C(C)Oc1ccc2c(c1[N+](=O)[O-])CCCC2. The van der Waals surface area contributed by atoms with E-state index in [1.54, 1.807) is 13.0 Å². The molecule has 1 aromatic rings. The van der Waals surface area contributed by atoms with Crippen LogP contribution in [0.2, 0.25) is 0 Å². The summed E-state index contributed by atoms with van der Waals surface area (Å²) < 4.78 is 10.3. The van der Waals surface area contributed by atoms with Crippen LogP contribution in [0.4, 0.5) is 5.69 Å². The number of nitro groups is 1. The molecule has 1 atom stereocenters. The van der Waals surface area contributed by atoms with Gasteiger partial charge in [0, 0.05) is 5.56 Å². The summed E-state index contributed by atoms with van der Waals surface area (Å²) in [5.74, 6) is -0.384. The van der Waals surface area contributed by atoms with Crippen molar-refractivity contribution in [2.45, 2.75) is 45.6 Å². The molecule has 6 heteroatoms. The first-order valence-corrected chi connectivity index (χ1v) is 7.17. The third-order valence-corrected chi connectivity index (χ3v) is 3.57. The van der Waals surface area contributed by atoms with Crippen LogP contribution in [0, 0.1) is 10.1 Å². The molecule has 0 bridgehead atoms. The van der Waals surface area contributed by atoms with Crippen LogP contribution < -0.4 is 4.74 Å². The molecule has 2 rings (SSSR count). The second-order valence-electron chi connectivity index (χ2n) is 5.03. The van der Waals surface area contributed by atoms with Crippen LogP contribution in [0.1, 0.15) is 37.8 Å². The minimum absolute atomic E-state index is 0.0108. The molecule has 114 valence electrons. The summed E-state index contributed by atoms with van der Waals surface area (Å²) in [5.41, 5.74) is 1.73. The lowest BCUT2D eigenvalue weighted by Gasteiger charge is -2.19. The molecule has 0 heterocycles. The fraction of sp³-hybridized carbons (Fsp3) is 0.533. The maximum absolute atomic E-state index is 11.6. The van der Waals surface area contributed by atoms with Crippen LogP contribution in [-0.2, 0) is 22.4 Å². The summed E-state index contributed by atoms with van der Waals surface area (Å²) in [4.78, 5) is 22.6. The molecule has 0 saturated carbocycles. The van der Waals surface area contributed by atoms with E-state index in [0.717, 1.165) is 30.4 Å². The fourth-order valence-electron chi connectivity index (χ4n) is 2.58. The number of rotatable bonds is 5. The summed E-state index contributed by atoms with van der Waals surface area (Å²) in [6.45, 7) is 3.48. The molecule has 0 amide bonds. The lowest BCUT2D eigenvalue weighted by atomic mass is 9.90. The van der Waals surface area contributed by atoms with E-state index < -0.39 is 17.0 Å². The summed E-state index contributed by atoms with van der Waals surface area (Å²) in [7, 11) is 0. The first-order valence-electron chi connectivity index (χ1n) is 7.17. The standard InChI is InChI=1S/C15H19NO5/c1-3-20-15(17)10(2)21-13-9-8-11-6-4-5-7-12(11)14(13)16(18)19/h8-10H,3-7H2,1-2H3. The number of ether oxygens (including phenoxy) is 2. The van der Waals surface area contributed by atoms with E-state index in [9.17, 15) is 14.9 Å². The number of fused-ring (bicyclic) bond motifs is 1. The number of nitrogens with zero attached hydrogens (tertiary/aromatic N) is 1. The third kappa shape index (κ3) is 3.32. The van der Waals surface area contributed by atoms with Crippen molar-refractivity contribution in [3.8, 4) is 5.75 Å². The van der Waals surface area contributed by atoms with Gasteiger partial charge >= 0.3 is 11.7 Å². The molecule has 1 unspecified atom stereocenters. The summed E-state index contributed by atoms with van der Waals surface area (Å²) in [6, 6.07) is 3.44. The van der Waals surface area contributed by atoms with Gasteiger partial charge in [-0.25, -0.2) is 4.79 Å². The second kappa shape index (κ2) is 6.56. The average Bonchev–Trinajstić information content (AvgIpc) is 2.46. The third-order valence-electron chi connectivity index (χ3n) is 3.57. The number of aryl methyl sites for hydroxylation is 1. The molecule has 0 fully saturated rings. The summed E-state index contributed by atoms with van der Waals surface area (Å²) in [5, 5.41) is 11.4. The van der Waals surface area contributed by atoms with Crippen molar-refractivity contribution in [3.63, 3.8) is 0 Å². The Bertz CT molecular complexity index is 555. The molecule has 0 spiro atoms. The van der Waals surface area contributed by atoms with E-state index in [4.69, 9.17) is 9.47 Å². The van der Waals surface area contributed by atoms with Crippen LogP contribution in [0.25, 0.3) is 0 Å². The Morgan fingerprint density at radius 2 is 2.10 bits per heavy atom. The summed E-state index contributed by atoms with van der Waals surface area (Å²) in [6.07, 6.45) is 2.64. The number of carbonyl (C=O) groups excluding carboxylic acids is 1. The predicted octanol–water partition coefficient (Wildman–Crippen LogP) is 2.80. The molecule has 1 aliphatic carbocycles. The van der Waals surface area contributed by atoms with Crippen molar-refractivity contribution in [2.75, 3.05) is 6.61 Å². The Labute approximate surface area is 123 Å². The maximum atomic E-state index is 11.6. The normalized spacial score (nSPS) is 15.0. The van der Waals surface area contributed by atoms with E-state index in [1.807, 2.05) is 6.07 Å². The Balaban J connectivity index is 2.31. The second-order valence-corrected chi connectivity index (χ2v) is 5.03. The highest BCUT2D eigenvalue weighted by Gasteiger charge is 2.28. The lowest BCUT2D eigenvalue weighted by Crippen LogP contribution is -2.26. The van der Waals surface area contributed by atoms with Gasteiger partial charge in [-0.05, 0) is 51.2 Å². The van der Waals surface area contributed by atoms with E-state index in [1.165, 1.54) is 6.92 Å². The fourth-order valence-corrected chi connectivity index (χ4v) is 2.58. The molecule has 21 heavy (non-hydrogen) atoms. The average molecular weight is 293 g/mol. The van der Waals surface area contributed by atoms with Crippen molar-refractivity contribution in [1.29, 1.82) is 0 Å². The first-order chi connectivity index (χ1) is 10.0. The van der Waals surface area contributed by atoms with Crippen LogP contribution in [-0.4, -0.2) is 23.6 Å². The van der Waals surface area contributed by atoms with Gasteiger partial charge in [0.25, 0.3) is 0 Å². The van der Waals surface area contributed by atoms with Crippen LogP contribution in [0.5, 0.6) is 5.75 Å². The molecule has 1 aromatic carbocycles. The summed E-state index contributed by atoms with van der Waals surface area (Å²) >= 11 is 0. The molecule has 0 aliphatic heterocycles. The van der Waals surface area contributed by atoms with Crippen LogP contribution >= 0.6 is 0 Å². The van der Waals surface area contributed by atoms with Crippen LogP contribution in [0.3, 0.4) is 0 Å². The lowest BCUT2D eigenvalue weighted by molar-refractivity contribution is -0.386. The van der Waals surface area contributed by atoms with E-state index in [0.29, 0.717) is 6.42 Å². The molecule has 0 N–H and O–H groups in total. The number of nitro benzene ring substituents is 1. The van der Waals surface area contributed by atoms with E-state index in [-0.39, 0.29) is 18.0 Å². The van der Waals surface area contributed by atoms with Gasteiger partial charge in [-0.15, -0.1) is 0 Å². The molecule has 0 saturated heterocycles. The van der Waals surface area contributed by atoms with Gasteiger partial charge in [0.15, 0.2) is 11.9 Å². The van der Waals surface area contributed by atoms with Gasteiger partial charge in [-0.3, -0.25) is 10.1 Å². The van der Waals surface area contributed by atoms with Crippen molar-refractivity contribution >= 4 is 11.7 Å². The van der Waals surface area contributed by atoms with Gasteiger partial charge in [-0.2, -0.15) is 0 Å². The minimum atomic E-state index is -0.870. The monoisotopic (exact) mass is 293 g/mol. The van der Waals surface area contributed by atoms with Gasteiger partial charge < -0.3 is 9.47 Å². The van der Waals surface area contributed by atoms with Crippen molar-refractivity contribution in [1.82, 2.24) is 0 Å². The van der Waals surface area contributed by atoms with Gasteiger partial charge in [0.2, 0.25) is 0 Å². The van der Waals surface area contributed by atoms with Crippen molar-refractivity contribution in [2.24, 2.45) is 0 Å². The Kier molecular flexibility index (Phi) is 4.77. The highest BCUT2D eigenvalue weighted by atomic mass is 16.6. The van der Waals surface area contributed by atoms with Crippen molar-refractivity contribution < 1.29 is 19.2 Å². The quantitative estimate of drug-likeness (QED) is 0.474. The predicted molar refractivity (Wildman–Crippen MR) is 76.5 cm³/mol. The minimum Gasteiger partial charge on any atom is -0.472 e. The maximum Gasteiger partial charge on any atom is 0.347 e. The topological polar surface area (TPSA) is 78.7 Å². The van der Waals surface area contributed by atoms with Crippen LogP contribution in [0.15, 0.2) is 12.1 Å². The highest BCUT2D eigenvalue weighted by molar-refractivity contribution is 5.75. The zero-order chi connectivity index (χ0) is 15.4. The van der Waals surface area contributed by atoms with Gasteiger partial charge in [0.05, 0.1) is 11.5 Å². The number of carbonyl (C=O) groups is 1. The Morgan fingerprint density at radius 1 is 1.38 bits per heavy atom. The molecular weight excluding hydrogens is 274 g/mol. The molecule has 0 radical (unpaired) electrons.